The Bertz CT molecular complexity index is 570. The Morgan fingerprint density at radius 1 is 1.35 bits per heavy atom. The van der Waals surface area contributed by atoms with Crippen LogP contribution in [0, 0.1) is 12.8 Å². The van der Waals surface area contributed by atoms with Gasteiger partial charge in [0.1, 0.15) is 0 Å². The third-order valence-corrected chi connectivity index (χ3v) is 4.37. The standard InChI is InChI=1S/C15H18N2O3/c1-8-2-3-10(6-11(8)15(19)20)17-14(18)12-7-9-4-5-13(12)16-9/h2-3,6,9,12-13,16H,4-5,7H2,1H3,(H,17,18)(H,19,20). The molecule has 3 N–H and O–H groups in total. The lowest BCUT2D eigenvalue weighted by molar-refractivity contribution is -0.120. The average Bonchev–Trinajstić information content (AvgIpc) is 3.03. The number of nitrogens with one attached hydrogen (secondary N) is 2. The van der Waals surface area contributed by atoms with Gasteiger partial charge < -0.3 is 15.7 Å². The van der Waals surface area contributed by atoms with Gasteiger partial charge in [0.15, 0.2) is 0 Å². The van der Waals surface area contributed by atoms with Crippen LogP contribution in [-0.2, 0) is 4.79 Å². The van der Waals surface area contributed by atoms with Crippen molar-refractivity contribution in [2.45, 2.75) is 38.3 Å². The Hall–Kier alpha value is -1.88. The molecule has 2 bridgehead atoms. The lowest BCUT2D eigenvalue weighted by Crippen LogP contribution is -2.32. The van der Waals surface area contributed by atoms with E-state index in [4.69, 9.17) is 5.11 Å². The van der Waals surface area contributed by atoms with Crippen molar-refractivity contribution >= 4 is 17.6 Å². The highest BCUT2D eigenvalue weighted by Crippen LogP contribution is 2.34. The minimum Gasteiger partial charge on any atom is -0.478 e. The number of anilines is 1. The van der Waals surface area contributed by atoms with Crippen LogP contribution < -0.4 is 10.6 Å². The summed E-state index contributed by atoms with van der Waals surface area (Å²) in [5.41, 5.74) is 1.48. The summed E-state index contributed by atoms with van der Waals surface area (Å²) >= 11 is 0. The normalized spacial score (nSPS) is 27.6. The van der Waals surface area contributed by atoms with Gasteiger partial charge in [0, 0.05) is 17.8 Å². The molecule has 1 aromatic rings. The van der Waals surface area contributed by atoms with Gasteiger partial charge in [-0.15, -0.1) is 0 Å². The lowest BCUT2D eigenvalue weighted by Gasteiger charge is -2.19. The number of carbonyl (C=O) groups excluding carboxylic acids is 1. The van der Waals surface area contributed by atoms with E-state index in [0.29, 0.717) is 17.3 Å². The first kappa shape index (κ1) is 13.1. The van der Waals surface area contributed by atoms with Crippen molar-refractivity contribution in [1.29, 1.82) is 0 Å². The summed E-state index contributed by atoms with van der Waals surface area (Å²) in [5.74, 6) is -0.978. The molecular weight excluding hydrogens is 256 g/mol. The summed E-state index contributed by atoms with van der Waals surface area (Å²) in [6.07, 6.45) is 3.09. The van der Waals surface area contributed by atoms with Crippen LogP contribution in [-0.4, -0.2) is 29.1 Å². The molecule has 3 rings (SSSR count). The van der Waals surface area contributed by atoms with Crippen LogP contribution in [0.15, 0.2) is 18.2 Å². The number of carbonyl (C=O) groups is 2. The van der Waals surface area contributed by atoms with Crippen LogP contribution in [0.3, 0.4) is 0 Å². The summed E-state index contributed by atoms with van der Waals surface area (Å²) in [7, 11) is 0. The molecule has 5 nitrogen and oxygen atoms in total. The molecular formula is C15H18N2O3. The van der Waals surface area contributed by atoms with Gasteiger partial charge in [-0.05, 0) is 43.9 Å². The first-order valence-corrected chi connectivity index (χ1v) is 6.95. The highest BCUT2D eigenvalue weighted by atomic mass is 16.4. The number of hydrogen-bond donors (Lipinski definition) is 3. The van der Waals surface area contributed by atoms with Crippen molar-refractivity contribution < 1.29 is 14.7 Å². The van der Waals surface area contributed by atoms with E-state index in [2.05, 4.69) is 10.6 Å². The molecule has 2 fully saturated rings. The van der Waals surface area contributed by atoms with Crippen LogP contribution in [0.5, 0.6) is 0 Å². The van der Waals surface area contributed by atoms with Gasteiger partial charge in [0.25, 0.3) is 0 Å². The highest BCUT2D eigenvalue weighted by Gasteiger charge is 2.42. The number of aromatic carboxylic acids is 1. The van der Waals surface area contributed by atoms with Gasteiger partial charge in [0.05, 0.1) is 11.5 Å². The monoisotopic (exact) mass is 274 g/mol. The molecule has 3 atom stereocenters. The van der Waals surface area contributed by atoms with Gasteiger partial charge in [-0.3, -0.25) is 4.79 Å². The molecule has 2 heterocycles. The predicted molar refractivity (Wildman–Crippen MR) is 74.8 cm³/mol. The summed E-state index contributed by atoms with van der Waals surface area (Å²) in [6, 6.07) is 5.75. The topological polar surface area (TPSA) is 78.4 Å². The molecule has 0 aromatic heterocycles. The van der Waals surface area contributed by atoms with Crippen molar-refractivity contribution in [3.63, 3.8) is 0 Å². The minimum atomic E-state index is -0.972. The average molecular weight is 274 g/mol. The Kier molecular flexibility index (Phi) is 3.22. The second-order valence-corrected chi connectivity index (χ2v) is 5.71. The van der Waals surface area contributed by atoms with Gasteiger partial charge >= 0.3 is 5.97 Å². The summed E-state index contributed by atoms with van der Waals surface area (Å²) < 4.78 is 0. The molecule has 0 radical (unpaired) electrons. The van der Waals surface area contributed by atoms with E-state index in [0.717, 1.165) is 19.3 Å². The zero-order valence-corrected chi connectivity index (χ0v) is 11.3. The molecule has 106 valence electrons. The third-order valence-electron chi connectivity index (χ3n) is 4.37. The molecule has 0 saturated carbocycles. The number of aryl methyl sites for hydroxylation is 1. The maximum atomic E-state index is 12.3. The van der Waals surface area contributed by atoms with E-state index < -0.39 is 5.97 Å². The van der Waals surface area contributed by atoms with E-state index in [-0.39, 0.29) is 23.4 Å². The number of hydrogen-bond acceptors (Lipinski definition) is 3. The van der Waals surface area contributed by atoms with E-state index in [1.807, 2.05) is 0 Å². The largest absolute Gasteiger partial charge is 0.478 e. The molecule has 1 amide bonds. The summed E-state index contributed by atoms with van der Waals surface area (Å²) in [6.45, 7) is 1.74. The van der Waals surface area contributed by atoms with Gasteiger partial charge in [-0.25, -0.2) is 4.79 Å². The fraction of sp³-hybridized carbons (Fsp3) is 0.467. The first-order valence-electron chi connectivity index (χ1n) is 6.95. The number of carboxylic acid groups (broad SMARTS) is 1. The van der Waals surface area contributed by atoms with Gasteiger partial charge in [-0.1, -0.05) is 6.07 Å². The molecule has 2 aliphatic rings. The number of amides is 1. The van der Waals surface area contributed by atoms with Crippen molar-refractivity contribution in [2.75, 3.05) is 5.32 Å². The molecule has 1 aromatic carbocycles. The molecule has 0 aliphatic carbocycles. The van der Waals surface area contributed by atoms with Crippen molar-refractivity contribution in [3.05, 3.63) is 29.3 Å². The van der Waals surface area contributed by atoms with Crippen LogP contribution >= 0.6 is 0 Å². The molecule has 2 saturated heterocycles. The fourth-order valence-corrected chi connectivity index (χ4v) is 3.28. The molecule has 20 heavy (non-hydrogen) atoms. The maximum absolute atomic E-state index is 12.3. The Balaban J connectivity index is 1.73. The lowest BCUT2D eigenvalue weighted by atomic mass is 9.88. The van der Waals surface area contributed by atoms with E-state index in [1.54, 1.807) is 19.1 Å². The van der Waals surface area contributed by atoms with E-state index in [9.17, 15) is 9.59 Å². The van der Waals surface area contributed by atoms with Crippen molar-refractivity contribution in [2.24, 2.45) is 5.92 Å². The number of fused-ring (bicyclic) bond motifs is 2. The van der Waals surface area contributed by atoms with Crippen LogP contribution in [0.1, 0.15) is 35.2 Å². The zero-order valence-electron chi connectivity index (χ0n) is 11.3. The second-order valence-electron chi connectivity index (χ2n) is 5.71. The minimum absolute atomic E-state index is 0.00308. The first-order chi connectivity index (χ1) is 9.54. The Morgan fingerprint density at radius 3 is 2.75 bits per heavy atom. The van der Waals surface area contributed by atoms with Crippen LogP contribution in [0.4, 0.5) is 5.69 Å². The Morgan fingerprint density at radius 2 is 2.15 bits per heavy atom. The second kappa shape index (κ2) is 4.90. The quantitative estimate of drug-likeness (QED) is 0.785. The van der Waals surface area contributed by atoms with Crippen LogP contribution in [0.2, 0.25) is 0 Å². The SMILES string of the molecule is Cc1ccc(NC(=O)C2CC3CCC2N3)cc1C(=O)O. The van der Waals surface area contributed by atoms with Gasteiger partial charge in [-0.2, -0.15) is 0 Å². The molecule has 5 heteroatoms. The van der Waals surface area contributed by atoms with Gasteiger partial charge in [0.2, 0.25) is 5.91 Å². The summed E-state index contributed by atoms with van der Waals surface area (Å²) in [5, 5.41) is 15.4. The molecule has 0 spiro atoms. The molecule has 3 unspecified atom stereocenters. The predicted octanol–water partition coefficient (Wildman–Crippen LogP) is 1.77. The van der Waals surface area contributed by atoms with Crippen molar-refractivity contribution in [3.8, 4) is 0 Å². The zero-order chi connectivity index (χ0) is 14.3. The maximum Gasteiger partial charge on any atom is 0.336 e. The van der Waals surface area contributed by atoms with E-state index >= 15 is 0 Å². The number of carboxylic acids is 1. The summed E-state index contributed by atoms with van der Waals surface area (Å²) in [4.78, 5) is 23.4. The Labute approximate surface area is 117 Å². The number of benzene rings is 1. The highest BCUT2D eigenvalue weighted by molar-refractivity contribution is 5.96. The van der Waals surface area contributed by atoms with Crippen molar-refractivity contribution in [1.82, 2.24) is 5.32 Å². The third kappa shape index (κ3) is 2.29. The number of rotatable bonds is 3. The molecule has 2 aliphatic heterocycles. The van der Waals surface area contributed by atoms with E-state index in [1.165, 1.54) is 6.07 Å². The fourth-order valence-electron chi connectivity index (χ4n) is 3.28. The smallest absolute Gasteiger partial charge is 0.336 e. The van der Waals surface area contributed by atoms with Crippen LogP contribution in [0.25, 0.3) is 0 Å².